The molecular weight excluding hydrogens is 236 g/mol. The average Bonchev–Trinajstić information content (AvgIpc) is 2.64. The zero-order chi connectivity index (χ0) is 13.0. The van der Waals surface area contributed by atoms with Gasteiger partial charge < -0.3 is 10.2 Å². The highest BCUT2D eigenvalue weighted by Crippen LogP contribution is 2.54. The molecule has 0 radical (unpaired) electrons. The van der Waals surface area contributed by atoms with Gasteiger partial charge in [0.1, 0.15) is 11.3 Å². The summed E-state index contributed by atoms with van der Waals surface area (Å²) in [6.45, 7) is 2.11. The first-order valence-electron chi connectivity index (χ1n) is 6.04. The maximum Gasteiger partial charge on any atom is 0.250 e. The molecule has 2 nitrogen and oxygen atoms in total. The van der Waals surface area contributed by atoms with Crippen molar-refractivity contribution in [3.8, 4) is 0 Å². The summed E-state index contributed by atoms with van der Waals surface area (Å²) in [5.74, 6) is -1.97. The number of benzene rings is 1. The van der Waals surface area contributed by atoms with E-state index in [-0.39, 0.29) is 19.4 Å². The van der Waals surface area contributed by atoms with Crippen LogP contribution in [0, 0.1) is 6.92 Å². The first-order valence-corrected chi connectivity index (χ1v) is 6.04. The van der Waals surface area contributed by atoms with E-state index in [0.717, 1.165) is 16.5 Å². The van der Waals surface area contributed by atoms with Crippen molar-refractivity contribution in [1.82, 2.24) is 0 Å². The molecule has 0 aliphatic heterocycles. The van der Waals surface area contributed by atoms with E-state index in [4.69, 9.17) is 10.2 Å². The number of hydrogen-bond acceptors (Lipinski definition) is 2. The van der Waals surface area contributed by atoms with Crippen LogP contribution in [-0.2, 0) is 5.41 Å². The van der Waals surface area contributed by atoms with E-state index in [1.165, 1.54) is 0 Å². The maximum absolute atomic E-state index is 13.2. The van der Waals surface area contributed by atoms with Gasteiger partial charge in [0.05, 0.1) is 5.41 Å². The van der Waals surface area contributed by atoms with Crippen LogP contribution in [0.25, 0.3) is 11.0 Å². The van der Waals surface area contributed by atoms with E-state index in [0.29, 0.717) is 5.76 Å². The fourth-order valence-electron chi connectivity index (χ4n) is 3.02. The molecule has 0 unspecified atom stereocenters. The molecule has 2 aromatic rings. The molecule has 1 heterocycles. The molecule has 1 aromatic carbocycles. The molecule has 1 saturated carbocycles. The van der Waals surface area contributed by atoms with Crippen LogP contribution in [0.5, 0.6) is 0 Å². The van der Waals surface area contributed by atoms with Crippen LogP contribution in [0.3, 0.4) is 0 Å². The van der Waals surface area contributed by atoms with Gasteiger partial charge in [-0.15, -0.1) is 0 Å². The smallest absolute Gasteiger partial charge is 0.250 e. The molecule has 1 aliphatic rings. The van der Waals surface area contributed by atoms with Crippen LogP contribution in [-0.4, -0.2) is 12.5 Å². The van der Waals surface area contributed by atoms with Crippen molar-refractivity contribution < 1.29 is 13.2 Å². The second-order valence-electron chi connectivity index (χ2n) is 5.25. The van der Waals surface area contributed by atoms with Gasteiger partial charge in [-0.3, -0.25) is 0 Å². The molecule has 18 heavy (non-hydrogen) atoms. The number of para-hydroxylation sites is 1. The van der Waals surface area contributed by atoms with Gasteiger partial charge in [-0.25, -0.2) is 8.78 Å². The molecule has 0 bridgehead atoms. The van der Waals surface area contributed by atoms with Crippen LogP contribution in [0.4, 0.5) is 8.78 Å². The summed E-state index contributed by atoms with van der Waals surface area (Å²) >= 11 is 0. The summed E-state index contributed by atoms with van der Waals surface area (Å²) in [4.78, 5) is 0. The number of nitrogens with two attached hydrogens (primary N) is 1. The van der Waals surface area contributed by atoms with E-state index in [1.807, 2.05) is 31.2 Å². The Morgan fingerprint density at radius 3 is 2.50 bits per heavy atom. The molecule has 0 spiro atoms. The average molecular weight is 251 g/mol. The van der Waals surface area contributed by atoms with E-state index >= 15 is 0 Å². The van der Waals surface area contributed by atoms with Crippen molar-refractivity contribution in [3.05, 3.63) is 35.6 Å². The standard InChI is InChI=1S/C14H15F2NO/c1-9-10-4-2-3-5-11(10)18-12(9)13(8-17)6-14(15,16)7-13/h2-5H,6-8,17H2,1H3. The molecule has 3 rings (SSSR count). The van der Waals surface area contributed by atoms with Crippen LogP contribution in [0.15, 0.2) is 28.7 Å². The molecule has 1 aliphatic carbocycles. The van der Waals surface area contributed by atoms with Crippen molar-refractivity contribution in [3.63, 3.8) is 0 Å². The Bertz CT molecular complexity index is 595. The minimum atomic E-state index is -2.61. The quantitative estimate of drug-likeness (QED) is 0.888. The fraction of sp³-hybridized carbons (Fsp3) is 0.429. The molecule has 1 fully saturated rings. The Balaban J connectivity index is 2.12. The van der Waals surface area contributed by atoms with Crippen molar-refractivity contribution in [1.29, 1.82) is 0 Å². The third-order valence-corrected chi connectivity index (χ3v) is 3.91. The van der Waals surface area contributed by atoms with Gasteiger partial charge in [-0.2, -0.15) is 0 Å². The zero-order valence-corrected chi connectivity index (χ0v) is 10.2. The number of aryl methyl sites for hydroxylation is 1. The Hall–Kier alpha value is -1.42. The molecule has 4 heteroatoms. The number of rotatable bonds is 2. The van der Waals surface area contributed by atoms with Crippen molar-refractivity contribution in [2.24, 2.45) is 5.73 Å². The molecule has 0 saturated heterocycles. The summed E-state index contributed by atoms with van der Waals surface area (Å²) in [7, 11) is 0. The zero-order valence-electron chi connectivity index (χ0n) is 10.2. The molecule has 2 N–H and O–H groups in total. The van der Waals surface area contributed by atoms with E-state index < -0.39 is 11.3 Å². The molecule has 0 atom stereocenters. The third-order valence-electron chi connectivity index (χ3n) is 3.91. The Kier molecular flexibility index (Phi) is 2.29. The third kappa shape index (κ3) is 1.48. The number of furan rings is 1. The predicted molar refractivity (Wildman–Crippen MR) is 65.9 cm³/mol. The van der Waals surface area contributed by atoms with E-state index in [9.17, 15) is 8.78 Å². The lowest BCUT2D eigenvalue weighted by molar-refractivity contribution is -0.129. The fourth-order valence-corrected chi connectivity index (χ4v) is 3.02. The first kappa shape index (κ1) is 11.7. The summed E-state index contributed by atoms with van der Waals surface area (Å²) in [6, 6.07) is 7.59. The van der Waals surface area contributed by atoms with Crippen molar-refractivity contribution >= 4 is 11.0 Å². The van der Waals surface area contributed by atoms with Crippen molar-refractivity contribution in [2.75, 3.05) is 6.54 Å². The van der Waals surface area contributed by atoms with E-state index in [1.54, 1.807) is 0 Å². The molecule has 0 amide bonds. The molecule has 1 aromatic heterocycles. The lowest BCUT2D eigenvalue weighted by Crippen LogP contribution is -2.53. The van der Waals surface area contributed by atoms with Gasteiger partial charge in [-0.1, -0.05) is 18.2 Å². The highest BCUT2D eigenvalue weighted by Gasteiger charge is 2.58. The highest BCUT2D eigenvalue weighted by atomic mass is 19.3. The van der Waals surface area contributed by atoms with Crippen molar-refractivity contribution in [2.45, 2.75) is 31.1 Å². The summed E-state index contributed by atoms with van der Waals surface area (Å²) in [5.41, 5.74) is 6.71. The molecular formula is C14H15F2NO. The van der Waals surface area contributed by atoms with Crippen LogP contribution >= 0.6 is 0 Å². The summed E-state index contributed by atoms with van der Waals surface area (Å²) in [6.07, 6.45) is -0.422. The normalized spacial score (nSPS) is 20.9. The first-order chi connectivity index (χ1) is 8.47. The van der Waals surface area contributed by atoms with Gasteiger partial charge in [0, 0.05) is 24.8 Å². The second kappa shape index (κ2) is 3.54. The van der Waals surface area contributed by atoms with Gasteiger partial charge in [0.25, 0.3) is 0 Å². The summed E-state index contributed by atoms with van der Waals surface area (Å²) < 4.78 is 32.2. The number of hydrogen-bond donors (Lipinski definition) is 1. The Morgan fingerprint density at radius 2 is 1.94 bits per heavy atom. The second-order valence-corrected chi connectivity index (χ2v) is 5.25. The lowest BCUT2D eigenvalue weighted by atomic mass is 9.63. The highest BCUT2D eigenvalue weighted by molar-refractivity contribution is 5.82. The molecule has 96 valence electrons. The number of halogens is 2. The van der Waals surface area contributed by atoms with Gasteiger partial charge >= 0.3 is 0 Å². The van der Waals surface area contributed by atoms with Crippen LogP contribution in [0.1, 0.15) is 24.2 Å². The van der Waals surface area contributed by atoms with Gasteiger partial charge in [-0.05, 0) is 18.6 Å². The van der Waals surface area contributed by atoms with Gasteiger partial charge in [0.2, 0.25) is 5.92 Å². The van der Waals surface area contributed by atoms with Crippen LogP contribution in [0.2, 0.25) is 0 Å². The predicted octanol–water partition coefficient (Wildman–Crippen LogP) is 3.37. The number of alkyl halides is 2. The minimum absolute atomic E-state index is 0.198. The topological polar surface area (TPSA) is 39.2 Å². The van der Waals surface area contributed by atoms with Crippen LogP contribution < -0.4 is 5.73 Å². The van der Waals surface area contributed by atoms with E-state index in [2.05, 4.69) is 0 Å². The van der Waals surface area contributed by atoms with Gasteiger partial charge in [0.15, 0.2) is 0 Å². The number of fused-ring (bicyclic) bond motifs is 1. The maximum atomic E-state index is 13.2. The Labute approximate surface area is 104 Å². The minimum Gasteiger partial charge on any atom is -0.460 e. The monoisotopic (exact) mass is 251 g/mol. The summed E-state index contributed by atoms with van der Waals surface area (Å²) in [5, 5.41) is 0.982. The largest absolute Gasteiger partial charge is 0.460 e. The Morgan fingerprint density at radius 1 is 1.28 bits per heavy atom. The lowest BCUT2D eigenvalue weighted by Gasteiger charge is -2.45. The SMILES string of the molecule is Cc1c(C2(CN)CC(F)(F)C2)oc2ccccc12.